The van der Waals surface area contributed by atoms with Crippen molar-refractivity contribution in [1.29, 1.82) is 0 Å². The zero-order chi connectivity index (χ0) is 19.4. The summed E-state index contributed by atoms with van der Waals surface area (Å²) in [7, 11) is 0. The highest BCUT2D eigenvalue weighted by atomic mass is 79.9. The smallest absolute Gasteiger partial charge is 0.303 e. The highest BCUT2D eigenvalue weighted by Crippen LogP contribution is 2.34. The maximum absolute atomic E-state index is 12.7. The maximum atomic E-state index is 12.7. The molecule has 0 saturated carbocycles. The van der Waals surface area contributed by atoms with Gasteiger partial charge in [-0.3, -0.25) is 9.59 Å². The fraction of sp³-hybridized carbons (Fsp3) is 0.286. The van der Waals surface area contributed by atoms with E-state index in [1.54, 1.807) is 0 Å². The lowest BCUT2D eigenvalue weighted by molar-refractivity contribution is -0.137. The zero-order valence-electron chi connectivity index (χ0n) is 15.1. The van der Waals surface area contributed by atoms with Crippen molar-refractivity contribution in [3.05, 3.63) is 69.7 Å². The molecule has 3 rings (SSSR count). The van der Waals surface area contributed by atoms with Crippen LogP contribution in [0.4, 0.5) is 0 Å². The number of hydrogen-bond donors (Lipinski definition) is 1. The molecule has 1 amide bonds. The minimum absolute atomic E-state index is 0.0168. The van der Waals surface area contributed by atoms with E-state index in [0.717, 1.165) is 21.3 Å². The Morgan fingerprint density at radius 1 is 1.11 bits per heavy atom. The number of hydrogen-bond acceptors (Lipinski definition) is 3. The van der Waals surface area contributed by atoms with Gasteiger partial charge >= 0.3 is 5.97 Å². The van der Waals surface area contributed by atoms with Crippen LogP contribution in [0.1, 0.15) is 48.4 Å². The largest absolute Gasteiger partial charge is 0.481 e. The number of benzene rings is 2. The monoisotopic (exact) mass is 428 g/mol. The number of carbonyl (C=O) groups excluding carboxylic acids is 1. The number of carboxylic acids is 1. The second-order valence-electron chi connectivity index (χ2n) is 6.67. The summed E-state index contributed by atoms with van der Waals surface area (Å²) in [5, 5.41) is 14.9. The predicted molar refractivity (Wildman–Crippen MR) is 108 cm³/mol. The number of carbonyl (C=O) groups is 2. The van der Waals surface area contributed by atoms with Gasteiger partial charge < -0.3 is 5.11 Å². The van der Waals surface area contributed by atoms with Crippen LogP contribution in [0.25, 0.3) is 0 Å². The molecule has 6 heteroatoms. The minimum atomic E-state index is -0.891. The van der Waals surface area contributed by atoms with Crippen LogP contribution in [-0.2, 0) is 9.59 Å². The molecule has 2 aromatic rings. The van der Waals surface area contributed by atoms with Gasteiger partial charge in [0.1, 0.15) is 0 Å². The Morgan fingerprint density at radius 2 is 1.78 bits per heavy atom. The zero-order valence-corrected chi connectivity index (χ0v) is 16.6. The summed E-state index contributed by atoms with van der Waals surface area (Å²) in [6.45, 7) is 2.03. The number of carboxylic acid groups (broad SMARTS) is 1. The van der Waals surface area contributed by atoms with Gasteiger partial charge in [0.05, 0.1) is 11.8 Å². The molecule has 0 fully saturated rings. The fourth-order valence-corrected chi connectivity index (χ4v) is 3.37. The van der Waals surface area contributed by atoms with Crippen molar-refractivity contribution < 1.29 is 14.7 Å². The molecule has 1 aliphatic rings. The highest BCUT2D eigenvalue weighted by Gasteiger charge is 2.32. The van der Waals surface area contributed by atoms with Gasteiger partial charge in [0.25, 0.3) is 0 Å². The number of aryl methyl sites for hydroxylation is 1. The summed E-state index contributed by atoms with van der Waals surface area (Å²) in [6, 6.07) is 15.8. The Labute approximate surface area is 166 Å². The number of rotatable bonds is 6. The molecule has 0 bridgehead atoms. The van der Waals surface area contributed by atoms with Gasteiger partial charge in [-0.1, -0.05) is 57.9 Å². The first-order valence-corrected chi connectivity index (χ1v) is 9.67. The van der Waals surface area contributed by atoms with Crippen molar-refractivity contribution in [2.45, 2.75) is 38.6 Å². The average molecular weight is 429 g/mol. The number of nitrogens with zero attached hydrogens (tertiary/aromatic N) is 2. The van der Waals surface area contributed by atoms with Crippen molar-refractivity contribution >= 4 is 33.5 Å². The number of aliphatic carboxylic acids is 1. The molecule has 0 radical (unpaired) electrons. The molecule has 0 spiro atoms. The summed E-state index contributed by atoms with van der Waals surface area (Å²) in [5.41, 5.74) is 4.05. The van der Waals surface area contributed by atoms with Crippen LogP contribution in [0.5, 0.6) is 0 Å². The van der Waals surface area contributed by atoms with Crippen LogP contribution in [-0.4, -0.2) is 27.7 Å². The van der Waals surface area contributed by atoms with E-state index in [1.807, 2.05) is 55.5 Å². The summed E-state index contributed by atoms with van der Waals surface area (Å²) in [4.78, 5) is 23.5. The topological polar surface area (TPSA) is 70.0 Å². The van der Waals surface area contributed by atoms with E-state index in [2.05, 4.69) is 21.0 Å². The molecule has 0 saturated heterocycles. The van der Waals surface area contributed by atoms with Gasteiger partial charge in [-0.15, -0.1) is 0 Å². The molecule has 27 heavy (non-hydrogen) atoms. The Morgan fingerprint density at radius 3 is 2.41 bits per heavy atom. The average Bonchev–Trinajstić information content (AvgIpc) is 3.08. The summed E-state index contributed by atoms with van der Waals surface area (Å²) < 4.78 is 0.975. The first-order valence-electron chi connectivity index (χ1n) is 8.88. The van der Waals surface area contributed by atoms with Gasteiger partial charge in [-0.25, -0.2) is 5.01 Å². The van der Waals surface area contributed by atoms with Crippen LogP contribution in [0.3, 0.4) is 0 Å². The second-order valence-corrected chi connectivity index (χ2v) is 7.59. The first-order chi connectivity index (χ1) is 12.9. The number of halogens is 1. The minimum Gasteiger partial charge on any atom is -0.481 e. The van der Waals surface area contributed by atoms with Gasteiger partial charge in [0.2, 0.25) is 5.91 Å². The third-order valence-electron chi connectivity index (χ3n) is 4.59. The van der Waals surface area contributed by atoms with E-state index >= 15 is 0 Å². The standard InChI is InChI=1S/C21H21BrN2O3/c1-14-5-7-15(8-6-14)18-13-19(16-9-11-17(22)12-10-16)24(23-18)20(25)3-2-4-21(26)27/h5-12,19H,2-4,13H2,1H3,(H,26,27). The van der Waals surface area contributed by atoms with E-state index in [9.17, 15) is 9.59 Å². The summed E-state index contributed by atoms with van der Waals surface area (Å²) in [5.74, 6) is -1.04. The van der Waals surface area contributed by atoms with Crippen molar-refractivity contribution in [2.75, 3.05) is 0 Å². The molecule has 1 atom stereocenters. The molecule has 5 nitrogen and oxygen atoms in total. The molecule has 2 aromatic carbocycles. The molecular weight excluding hydrogens is 408 g/mol. The summed E-state index contributed by atoms with van der Waals surface area (Å²) in [6.07, 6.45) is 1.10. The van der Waals surface area contributed by atoms with Crippen molar-refractivity contribution in [1.82, 2.24) is 5.01 Å². The normalized spacial score (nSPS) is 16.3. The van der Waals surface area contributed by atoms with Crippen molar-refractivity contribution in [3.63, 3.8) is 0 Å². The molecule has 1 N–H and O–H groups in total. The van der Waals surface area contributed by atoms with E-state index in [-0.39, 0.29) is 24.8 Å². The lowest BCUT2D eigenvalue weighted by Crippen LogP contribution is -2.27. The third kappa shape index (κ3) is 4.83. The second kappa shape index (κ2) is 8.48. The maximum Gasteiger partial charge on any atom is 0.303 e. The van der Waals surface area contributed by atoms with E-state index < -0.39 is 5.97 Å². The van der Waals surface area contributed by atoms with Gasteiger partial charge in [0, 0.05) is 23.7 Å². The van der Waals surface area contributed by atoms with Gasteiger partial charge in [-0.05, 0) is 36.6 Å². The summed E-state index contributed by atoms with van der Waals surface area (Å²) >= 11 is 3.44. The van der Waals surface area contributed by atoms with Crippen molar-refractivity contribution in [3.8, 4) is 0 Å². The highest BCUT2D eigenvalue weighted by molar-refractivity contribution is 9.10. The lowest BCUT2D eigenvalue weighted by atomic mass is 9.98. The van der Waals surface area contributed by atoms with E-state index in [4.69, 9.17) is 5.11 Å². The third-order valence-corrected chi connectivity index (χ3v) is 5.12. The molecule has 0 aromatic heterocycles. The molecule has 0 aliphatic carbocycles. The van der Waals surface area contributed by atoms with Crippen LogP contribution in [0, 0.1) is 6.92 Å². The predicted octanol–water partition coefficient (Wildman–Crippen LogP) is 4.69. The quantitative estimate of drug-likeness (QED) is 0.725. The Hall–Kier alpha value is -2.47. The van der Waals surface area contributed by atoms with Crippen molar-refractivity contribution in [2.24, 2.45) is 5.10 Å². The molecular formula is C21H21BrN2O3. The fourth-order valence-electron chi connectivity index (χ4n) is 3.11. The first kappa shape index (κ1) is 19.3. The van der Waals surface area contributed by atoms with E-state index in [0.29, 0.717) is 12.8 Å². The SMILES string of the molecule is Cc1ccc(C2=NN(C(=O)CCCC(=O)O)C(c3ccc(Br)cc3)C2)cc1. The number of hydrazone groups is 1. The van der Waals surface area contributed by atoms with Crippen LogP contribution in [0.2, 0.25) is 0 Å². The van der Waals surface area contributed by atoms with Crippen LogP contribution in [0.15, 0.2) is 58.1 Å². The van der Waals surface area contributed by atoms with Crippen LogP contribution >= 0.6 is 15.9 Å². The van der Waals surface area contributed by atoms with Gasteiger partial charge in [0.15, 0.2) is 0 Å². The van der Waals surface area contributed by atoms with Crippen LogP contribution < -0.4 is 0 Å². The molecule has 1 heterocycles. The lowest BCUT2D eigenvalue weighted by Gasteiger charge is -2.22. The van der Waals surface area contributed by atoms with Gasteiger partial charge in [-0.2, -0.15) is 5.10 Å². The Bertz CT molecular complexity index is 860. The molecule has 1 unspecified atom stereocenters. The Kier molecular flexibility index (Phi) is 6.06. The Balaban J connectivity index is 1.85. The molecule has 1 aliphatic heterocycles. The van der Waals surface area contributed by atoms with E-state index in [1.165, 1.54) is 10.6 Å². The molecule has 140 valence electrons. The number of amides is 1.